The molecule has 2 heterocycles. The maximum Gasteiger partial charge on any atom is 0.354 e. The number of hydrogen-bond acceptors (Lipinski definition) is 3. The molecule has 0 saturated heterocycles. The highest BCUT2D eigenvalue weighted by molar-refractivity contribution is 5.97. The second kappa shape index (κ2) is 4.77. The second-order valence-corrected chi connectivity index (χ2v) is 4.63. The molecule has 1 amide bonds. The van der Waals surface area contributed by atoms with Crippen molar-refractivity contribution in [3.05, 3.63) is 59.4 Å². The Morgan fingerprint density at radius 1 is 1.20 bits per heavy atom. The average Bonchev–Trinajstić information content (AvgIpc) is 2.46. The Labute approximate surface area is 115 Å². The molecular weight excluding hydrogens is 256 g/mol. The van der Waals surface area contributed by atoms with Gasteiger partial charge in [-0.3, -0.25) is 4.79 Å². The van der Waals surface area contributed by atoms with Crippen molar-refractivity contribution < 1.29 is 14.7 Å². The molecule has 0 atom stereocenters. The largest absolute Gasteiger partial charge is 0.477 e. The van der Waals surface area contributed by atoms with E-state index >= 15 is 0 Å². The van der Waals surface area contributed by atoms with Crippen LogP contribution >= 0.6 is 0 Å². The first-order valence-electron chi connectivity index (χ1n) is 6.21. The van der Waals surface area contributed by atoms with Crippen LogP contribution in [0.5, 0.6) is 0 Å². The van der Waals surface area contributed by atoms with Crippen LogP contribution in [0.3, 0.4) is 0 Å². The van der Waals surface area contributed by atoms with Gasteiger partial charge in [-0.1, -0.05) is 24.3 Å². The second-order valence-electron chi connectivity index (χ2n) is 4.63. The normalized spacial score (nSPS) is 14.0. The zero-order valence-corrected chi connectivity index (χ0v) is 10.6. The number of anilines is 1. The van der Waals surface area contributed by atoms with Gasteiger partial charge in [-0.2, -0.15) is 0 Å². The van der Waals surface area contributed by atoms with Crippen molar-refractivity contribution in [2.75, 3.05) is 4.90 Å². The Kier molecular flexibility index (Phi) is 2.95. The van der Waals surface area contributed by atoms with Crippen LogP contribution in [0.2, 0.25) is 0 Å². The topological polar surface area (TPSA) is 70.5 Å². The number of amides is 1. The molecule has 1 aliphatic heterocycles. The van der Waals surface area contributed by atoms with Crippen molar-refractivity contribution in [2.45, 2.75) is 13.0 Å². The van der Waals surface area contributed by atoms with Crippen molar-refractivity contribution >= 4 is 17.6 Å². The number of aromatic nitrogens is 1. The van der Waals surface area contributed by atoms with Crippen molar-refractivity contribution in [2.24, 2.45) is 0 Å². The van der Waals surface area contributed by atoms with Gasteiger partial charge < -0.3 is 10.0 Å². The molecule has 3 rings (SSSR count). The minimum atomic E-state index is -1.10. The molecule has 0 fully saturated rings. The van der Waals surface area contributed by atoms with E-state index in [1.165, 1.54) is 12.3 Å². The summed E-state index contributed by atoms with van der Waals surface area (Å²) in [5.74, 6) is -1.14. The van der Waals surface area contributed by atoms with Crippen LogP contribution in [0.25, 0.3) is 0 Å². The summed E-state index contributed by atoms with van der Waals surface area (Å²) in [6, 6.07) is 10.8. The minimum Gasteiger partial charge on any atom is -0.477 e. The maximum absolute atomic E-state index is 12.2. The zero-order valence-electron chi connectivity index (χ0n) is 10.6. The molecule has 1 aromatic heterocycles. The van der Waals surface area contributed by atoms with Gasteiger partial charge in [0, 0.05) is 11.9 Å². The first-order valence-corrected chi connectivity index (χ1v) is 6.21. The lowest BCUT2D eigenvalue weighted by Gasteiger charge is -2.28. The molecule has 5 nitrogen and oxygen atoms in total. The molecule has 100 valence electrons. The molecular formula is C15H12N2O3. The zero-order chi connectivity index (χ0) is 14.1. The summed E-state index contributed by atoms with van der Waals surface area (Å²) in [5, 5.41) is 8.97. The molecule has 0 radical (unpaired) electrons. The highest BCUT2D eigenvalue weighted by Gasteiger charge is 2.24. The van der Waals surface area contributed by atoms with Gasteiger partial charge in [-0.15, -0.1) is 0 Å². The van der Waals surface area contributed by atoms with E-state index in [9.17, 15) is 9.59 Å². The predicted octanol–water partition coefficient (Wildman–Crippen LogP) is 1.87. The van der Waals surface area contributed by atoms with Crippen LogP contribution < -0.4 is 4.90 Å². The summed E-state index contributed by atoms with van der Waals surface area (Å²) in [6.45, 7) is 0.456. The van der Waals surface area contributed by atoms with Gasteiger partial charge in [0.15, 0.2) is 0 Å². The number of pyridine rings is 1. The van der Waals surface area contributed by atoms with E-state index in [1.807, 2.05) is 24.3 Å². The third-order valence-electron chi connectivity index (χ3n) is 3.36. The highest BCUT2D eigenvalue weighted by Crippen LogP contribution is 2.25. The predicted molar refractivity (Wildman–Crippen MR) is 72.5 cm³/mol. The molecule has 1 aromatic carbocycles. The SMILES string of the molecule is O=C(O)c1cc(N2Cc3ccccc3CC2=O)ccn1. The van der Waals surface area contributed by atoms with E-state index in [-0.39, 0.29) is 11.6 Å². The molecule has 2 aromatic rings. The number of benzene rings is 1. The minimum absolute atomic E-state index is 0.0359. The fourth-order valence-corrected chi connectivity index (χ4v) is 2.34. The standard InChI is InChI=1S/C15H12N2O3/c18-14-7-10-3-1-2-4-11(10)9-17(14)12-5-6-16-13(8-12)15(19)20/h1-6,8H,7,9H2,(H,19,20). The fraction of sp³-hybridized carbons (Fsp3) is 0.133. The third kappa shape index (κ3) is 2.14. The number of fused-ring (bicyclic) bond motifs is 1. The van der Waals surface area contributed by atoms with Gasteiger partial charge in [0.2, 0.25) is 5.91 Å². The molecule has 0 saturated carbocycles. The van der Waals surface area contributed by atoms with Crippen molar-refractivity contribution in [1.29, 1.82) is 0 Å². The van der Waals surface area contributed by atoms with Crippen LogP contribution in [0.1, 0.15) is 21.6 Å². The Hall–Kier alpha value is -2.69. The lowest BCUT2D eigenvalue weighted by Crippen LogP contribution is -2.36. The van der Waals surface area contributed by atoms with Gasteiger partial charge in [0.05, 0.1) is 13.0 Å². The monoisotopic (exact) mass is 268 g/mol. The fourth-order valence-electron chi connectivity index (χ4n) is 2.34. The maximum atomic E-state index is 12.2. The first-order chi connectivity index (χ1) is 9.65. The molecule has 0 spiro atoms. The lowest BCUT2D eigenvalue weighted by atomic mass is 9.99. The smallest absolute Gasteiger partial charge is 0.354 e. The number of carbonyl (C=O) groups excluding carboxylic acids is 1. The van der Waals surface area contributed by atoms with E-state index < -0.39 is 5.97 Å². The van der Waals surface area contributed by atoms with Gasteiger partial charge in [0.1, 0.15) is 5.69 Å². The van der Waals surface area contributed by atoms with Crippen LogP contribution in [-0.2, 0) is 17.8 Å². The number of carbonyl (C=O) groups is 2. The van der Waals surface area contributed by atoms with E-state index in [0.29, 0.717) is 18.7 Å². The summed E-state index contributed by atoms with van der Waals surface area (Å²) in [5.41, 5.74) is 2.62. The van der Waals surface area contributed by atoms with Crippen LogP contribution in [0, 0.1) is 0 Å². The first kappa shape index (κ1) is 12.3. The van der Waals surface area contributed by atoms with Crippen molar-refractivity contribution in [1.82, 2.24) is 4.98 Å². The molecule has 0 unspecified atom stereocenters. The molecule has 1 N–H and O–H groups in total. The summed E-state index contributed by atoms with van der Waals surface area (Å²) in [4.78, 5) is 28.5. The summed E-state index contributed by atoms with van der Waals surface area (Å²) in [7, 11) is 0. The number of rotatable bonds is 2. The van der Waals surface area contributed by atoms with Crippen molar-refractivity contribution in [3.8, 4) is 0 Å². The number of carboxylic acids is 1. The Bertz CT molecular complexity index is 697. The van der Waals surface area contributed by atoms with E-state index in [4.69, 9.17) is 5.11 Å². The van der Waals surface area contributed by atoms with Crippen molar-refractivity contribution in [3.63, 3.8) is 0 Å². The quantitative estimate of drug-likeness (QED) is 0.902. The van der Waals surface area contributed by atoms with E-state index in [1.54, 1.807) is 11.0 Å². The van der Waals surface area contributed by atoms with E-state index in [2.05, 4.69) is 4.98 Å². The van der Waals surface area contributed by atoms with Crippen LogP contribution in [0.15, 0.2) is 42.6 Å². The highest BCUT2D eigenvalue weighted by atomic mass is 16.4. The number of hydrogen-bond donors (Lipinski definition) is 1. The average molecular weight is 268 g/mol. The number of carboxylic acid groups (broad SMARTS) is 1. The summed E-state index contributed by atoms with van der Waals surface area (Å²) in [6.07, 6.45) is 1.74. The van der Waals surface area contributed by atoms with Gasteiger partial charge in [-0.05, 0) is 23.3 Å². The Morgan fingerprint density at radius 2 is 1.95 bits per heavy atom. The van der Waals surface area contributed by atoms with Gasteiger partial charge >= 0.3 is 5.97 Å². The molecule has 0 aliphatic carbocycles. The van der Waals surface area contributed by atoms with Gasteiger partial charge in [-0.25, -0.2) is 9.78 Å². The molecule has 1 aliphatic rings. The van der Waals surface area contributed by atoms with Crippen LogP contribution in [-0.4, -0.2) is 22.0 Å². The number of nitrogens with zero attached hydrogens (tertiary/aromatic N) is 2. The number of aromatic carboxylic acids is 1. The summed E-state index contributed by atoms with van der Waals surface area (Å²) < 4.78 is 0. The Balaban J connectivity index is 1.97. The molecule has 0 bridgehead atoms. The summed E-state index contributed by atoms with van der Waals surface area (Å²) >= 11 is 0. The molecule has 5 heteroatoms. The lowest BCUT2D eigenvalue weighted by molar-refractivity contribution is -0.118. The third-order valence-corrected chi connectivity index (χ3v) is 3.36. The van der Waals surface area contributed by atoms with Crippen LogP contribution in [0.4, 0.5) is 5.69 Å². The van der Waals surface area contributed by atoms with E-state index in [0.717, 1.165) is 11.1 Å². The van der Waals surface area contributed by atoms with Gasteiger partial charge in [0.25, 0.3) is 0 Å². The molecule has 20 heavy (non-hydrogen) atoms. The Morgan fingerprint density at radius 3 is 2.70 bits per heavy atom.